The minimum atomic E-state index is -0.156. The number of aryl methyl sites for hydroxylation is 1. The first-order chi connectivity index (χ1) is 7.70. The Morgan fingerprint density at radius 3 is 2.81 bits per heavy atom. The van der Waals surface area contributed by atoms with Crippen molar-refractivity contribution in [3.63, 3.8) is 0 Å². The fourth-order valence-electron chi connectivity index (χ4n) is 2.37. The number of nitrogens with zero attached hydrogens (tertiary/aromatic N) is 2. The minimum absolute atomic E-state index is 0.156. The van der Waals surface area contributed by atoms with Gasteiger partial charge in [-0.15, -0.1) is 5.10 Å². The SMILES string of the molecule is Cc1nc(C(=O)NCC2(C3CC3)CC2)n[nH]1. The van der Waals surface area contributed by atoms with Gasteiger partial charge in [-0.2, -0.15) is 0 Å². The van der Waals surface area contributed by atoms with E-state index in [1.165, 1.54) is 25.7 Å². The topological polar surface area (TPSA) is 70.7 Å². The van der Waals surface area contributed by atoms with E-state index in [0.29, 0.717) is 11.2 Å². The first-order valence-corrected chi connectivity index (χ1v) is 5.87. The first kappa shape index (κ1) is 9.81. The van der Waals surface area contributed by atoms with Crippen LogP contribution < -0.4 is 5.32 Å². The van der Waals surface area contributed by atoms with Crippen molar-refractivity contribution in [1.29, 1.82) is 0 Å². The second kappa shape index (κ2) is 3.30. The highest BCUT2D eigenvalue weighted by molar-refractivity contribution is 5.90. The van der Waals surface area contributed by atoms with Crippen molar-refractivity contribution in [3.8, 4) is 0 Å². The molecule has 0 atom stereocenters. The number of nitrogens with one attached hydrogen (secondary N) is 2. The minimum Gasteiger partial charge on any atom is -0.349 e. The molecule has 1 heterocycles. The zero-order chi connectivity index (χ0) is 11.2. The zero-order valence-electron chi connectivity index (χ0n) is 9.42. The van der Waals surface area contributed by atoms with Crippen molar-refractivity contribution in [2.45, 2.75) is 32.6 Å². The fraction of sp³-hybridized carbons (Fsp3) is 0.727. The van der Waals surface area contributed by atoms with Gasteiger partial charge in [-0.1, -0.05) is 0 Å². The van der Waals surface area contributed by atoms with E-state index in [0.717, 1.165) is 12.5 Å². The first-order valence-electron chi connectivity index (χ1n) is 5.87. The van der Waals surface area contributed by atoms with Gasteiger partial charge in [0.25, 0.3) is 5.91 Å². The van der Waals surface area contributed by atoms with E-state index in [-0.39, 0.29) is 11.7 Å². The van der Waals surface area contributed by atoms with Gasteiger partial charge in [0.2, 0.25) is 5.82 Å². The molecule has 0 radical (unpaired) electrons. The van der Waals surface area contributed by atoms with Crippen LogP contribution in [0.25, 0.3) is 0 Å². The third-order valence-electron chi connectivity index (χ3n) is 3.74. The Kier molecular flexibility index (Phi) is 2.02. The lowest BCUT2D eigenvalue weighted by molar-refractivity contribution is 0.0932. The standard InChI is InChI=1S/C11H16N4O/c1-7-13-9(15-14-7)10(16)12-6-11(4-5-11)8-2-3-8/h8H,2-6H2,1H3,(H,12,16)(H,13,14,15). The molecule has 0 unspecified atom stereocenters. The maximum Gasteiger partial charge on any atom is 0.290 e. The summed E-state index contributed by atoms with van der Waals surface area (Å²) in [7, 11) is 0. The largest absolute Gasteiger partial charge is 0.349 e. The predicted molar refractivity (Wildman–Crippen MR) is 57.8 cm³/mol. The maximum absolute atomic E-state index is 11.7. The van der Waals surface area contributed by atoms with Crippen molar-refractivity contribution in [3.05, 3.63) is 11.6 Å². The molecule has 0 bridgehead atoms. The summed E-state index contributed by atoms with van der Waals surface area (Å²) < 4.78 is 0. The molecule has 2 saturated carbocycles. The molecule has 0 aromatic carbocycles. The zero-order valence-corrected chi connectivity index (χ0v) is 9.42. The van der Waals surface area contributed by atoms with E-state index in [2.05, 4.69) is 20.5 Å². The number of carbonyl (C=O) groups excluding carboxylic acids is 1. The maximum atomic E-state index is 11.7. The second-order valence-corrected chi connectivity index (χ2v) is 5.06. The smallest absolute Gasteiger partial charge is 0.290 e. The molecular formula is C11H16N4O. The average molecular weight is 220 g/mol. The molecule has 1 amide bonds. The van der Waals surface area contributed by atoms with Gasteiger partial charge in [0, 0.05) is 6.54 Å². The monoisotopic (exact) mass is 220 g/mol. The van der Waals surface area contributed by atoms with Crippen molar-refractivity contribution < 1.29 is 4.79 Å². The number of aromatic nitrogens is 3. The number of carbonyl (C=O) groups is 1. The van der Waals surface area contributed by atoms with E-state index >= 15 is 0 Å². The van der Waals surface area contributed by atoms with Crippen LogP contribution in [0, 0.1) is 18.3 Å². The van der Waals surface area contributed by atoms with Gasteiger partial charge in [0.05, 0.1) is 0 Å². The summed E-state index contributed by atoms with van der Waals surface area (Å²) >= 11 is 0. The molecular weight excluding hydrogens is 204 g/mol. The van der Waals surface area contributed by atoms with Crippen LogP contribution in [0.2, 0.25) is 0 Å². The van der Waals surface area contributed by atoms with Crippen LogP contribution in [-0.2, 0) is 0 Å². The molecule has 1 aromatic heterocycles. The van der Waals surface area contributed by atoms with Crippen LogP contribution in [0.4, 0.5) is 0 Å². The summed E-state index contributed by atoms with van der Waals surface area (Å²) in [6, 6.07) is 0. The molecule has 2 N–H and O–H groups in total. The molecule has 2 aliphatic carbocycles. The molecule has 2 fully saturated rings. The summed E-state index contributed by atoms with van der Waals surface area (Å²) in [5, 5.41) is 9.48. The number of hydrogen-bond acceptors (Lipinski definition) is 3. The van der Waals surface area contributed by atoms with Gasteiger partial charge in [-0.05, 0) is 43.9 Å². The lowest BCUT2D eigenvalue weighted by Crippen LogP contribution is -2.31. The van der Waals surface area contributed by atoms with Crippen LogP contribution in [0.3, 0.4) is 0 Å². The Morgan fingerprint density at radius 1 is 1.56 bits per heavy atom. The summed E-state index contributed by atoms with van der Waals surface area (Å²) in [6.07, 6.45) is 5.22. The average Bonchev–Trinajstić information content (AvgIpc) is 3.14. The van der Waals surface area contributed by atoms with Crippen molar-refractivity contribution in [1.82, 2.24) is 20.5 Å². The van der Waals surface area contributed by atoms with Crippen molar-refractivity contribution in [2.75, 3.05) is 6.54 Å². The van der Waals surface area contributed by atoms with Gasteiger partial charge >= 0.3 is 0 Å². The third-order valence-corrected chi connectivity index (χ3v) is 3.74. The number of rotatable bonds is 4. The van der Waals surface area contributed by atoms with Gasteiger partial charge < -0.3 is 5.32 Å². The van der Waals surface area contributed by atoms with Gasteiger partial charge in [-0.3, -0.25) is 9.89 Å². The summed E-state index contributed by atoms with van der Waals surface area (Å²) in [6.45, 7) is 2.58. The van der Waals surface area contributed by atoms with E-state index in [4.69, 9.17) is 0 Å². The molecule has 0 aliphatic heterocycles. The molecule has 5 nitrogen and oxygen atoms in total. The number of hydrogen-bond donors (Lipinski definition) is 2. The second-order valence-electron chi connectivity index (χ2n) is 5.06. The highest BCUT2D eigenvalue weighted by Gasteiger charge is 2.53. The highest BCUT2D eigenvalue weighted by atomic mass is 16.2. The van der Waals surface area contributed by atoms with E-state index in [9.17, 15) is 4.79 Å². The summed E-state index contributed by atoms with van der Waals surface area (Å²) in [4.78, 5) is 15.7. The quantitative estimate of drug-likeness (QED) is 0.796. The van der Waals surface area contributed by atoms with E-state index in [1.807, 2.05) is 0 Å². The normalized spacial score (nSPS) is 21.8. The molecule has 86 valence electrons. The summed E-state index contributed by atoms with van der Waals surface area (Å²) in [5.41, 5.74) is 0.432. The molecule has 5 heteroatoms. The molecule has 2 aliphatic rings. The van der Waals surface area contributed by atoms with Crippen LogP contribution in [0.1, 0.15) is 42.1 Å². The Morgan fingerprint density at radius 2 is 2.31 bits per heavy atom. The lowest BCUT2D eigenvalue weighted by atomic mass is 10.0. The number of H-pyrrole nitrogens is 1. The fourth-order valence-corrected chi connectivity index (χ4v) is 2.37. The third kappa shape index (κ3) is 1.70. The van der Waals surface area contributed by atoms with E-state index < -0.39 is 0 Å². The summed E-state index contributed by atoms with van der Waals surface area (Å²) in [5.74, 6) is 1.63. The predicted octanol–water partition coefficient (Wildman–Crippen LogP) is 1.03. The highest BCUT2D eigenvalue weighted by Crippen LogP contribution is 2.60. The molecule has 1 aromatic rings. The van der Waals surface area contributed by atoms with Gasteiger partial charge in [-0.25, -0.2) is 4.98 Å². The van der Waals surface area contributed by atoms with Crippen LogP contribution in [0.15, 0.2) is 0 Å². The van der Waals surface area contributed by atoms with Gasteiger partial charge in [0.1, 0.15) is 5.82 Å². The van der Waals surface area contributed by atoms with Crippen LogP contribution in [0.5, 0.6) is 0 Å². The molecule has 16 heavy (non-hydrogen) atoms. The number of aromatic amines is 1. The number of amides is 1. The van der Waals surface area contributed by atoms with Crippen molar-refractivity contribution >= 4 is 5.91 Å². The Bertz CT molecular complexity index is 417. The van der Waals surface area contributed by atoms with Crippen molar-refractivity contribution in [2.24, 2.45) is 11.3 Å². The van der Waals surface area contributed by atoms with Gasteiger partial charge in [0.15, 0.2) is 0 Å². The van der Waals surface area contributed by atoms with E-state index in [1.54, 1.807) is 6.92 Å². The molecule has 0 saturated heterocycles. The Hall–Kier alpha value is -1.39. The Balaban J connectivity index is 1.57. The Labute approximate surface area is 94.0 Å². The van der Waals surface area contributed by atoms with Crippen LogP contribution >= 0.6 is 0 Å². The molecule has 0 spiro atoms. The van der Waals surface area contributed by atoms with Crippen LogP contribution in [-0.4, -0.2) is 27.6 Å². The molecule has 3 rings (SSSR count). The lowest BCUT2D eigenvalue weighted by Gasteiger charge is -2.13.